The predicted octanol–water partition coefficient (Wildman–Crippen LogP) is -1.25. The molecule has 0 heterocycles. The normalized spacial score (nSPS) is 14.6. The van der Waals surface area contributed by atoms with E-state index >= 15 is 0 Å². The van der Waals surface area contributed by atoms with E-state index in [1.165, 1.54) is 24.3 Å². The molecule has 1 aromatic rings. The molecule has 1 aromatic carbocycles. The van der Waals surface area contributed by atoms with Crippen molar-refractivity contribution in [1.29, 1.82) is 0 Å². The van der Waals surface area contributed by atoms with Gasteiger partial charge in [0.05, 0.1) is 12.5 Å². The number of hydrogen-bond acceptors (Lipinski definition) is 8. The summed E-state index contributed by atoms with van der Waals surface area (Å²) in [5.41, 5.74) is 11.7. The average molecular weight is 574 g/mol. The lowest BCUT2D eigenvalue weighted by atomic mass is 10.00. The molecule has 39 heavy (non-hydrogen) atoms. The Balaban J connectivity index is 2.93. The molecular weight excluding hydrogens is 537 g/mol. The second-order valence-corrected chi connectivity index (χ2v) is 10.7. The van der Waals surface area contributed by atoms with E-state index in [0.29, 0.717) is 5.56 Å². The second-order valence-electron chi connectivity index (χ2n) is 9.57. The highest BCUT2D eigenvalue weighted by Gasteiger charge is 2.33. The van der Waals surface area contributed by atoms with Gasteiger partial charge in [0.2, 0.25) is 23.6 Å². The Bertz CT molecular complexity index is 1090. The fourth-order valence-corrected chi connectivity index (χ4v) is 3.80. The number of nitrogens with one attached hydrogen (secondary N) is 3. The lowest BCUT2D eigenvalue weighted by Crippen LogP contribution is -2.59. The molecule has 4 atom stereocenters. The van der Waals surface area contributed by atoms with Gasteiger partial charge < -0.3 is 37.0 Å². The van der Waals surface area contributed by atoms with Crippen molar-refractivity contribution in [3.8, 4) is 5.75 Å². The number of carbonyl (C=O) groups excluding carboxylic acids is 4. The highest BCUT2D eigenvalue weighted by molar-refractivity contribution is 7.46. The number of benzene rings is 1. The molecule has 0 aliphatic carbocycles. The van der Waals surface area contributed by atoms with Crippen LogP contribution in [0.15, 0.2) is 24.3 Å². The van der Waals surface area contributed by atoms with Gasteiger partial charge in [-0.2, -0.15) is 0 Å². The smallest absolute Gasteiger partial charge is 0.480 e. The maximum absolute atomic E-state index is 13.0. The van der Waals surface area contributed by atoms with Crippen molar-refractivity contribution in [2.24, 2.45) is 23.3 Å². The minimum absolute atomic E-state index is 0.00689. The summed E-state index contributed by atoms with van der Waals surface area (Å²) in [5.74, 6) is -5.73. The molecule has 0 aliphatic rings. The monoisotopic (exact) mass is 573 g/mol. The number of phosphoric ester groups is 1. The van der Waals surface area contributed by atoms with Crippen LogP contribution in [0.2, 0.25) is 0 Å². The van der Waals surface area contributed by atoms with E-state index < -0.39 is 79.8 Å². The molecule has 218 valence electrons. The van der Waals surface area contributed by atoms with Crippen LogP contribution < -0.4 is 31.9 Å². The Morgan fingerprint density at radius 3 is 1.82 bits per heavy atom. The molecule has 0 saturated heterocycles. The number of carboxylic acids is 1. The largest absolute Gasteiger partial charge is 0.524 e. The van der Waals surface area contributed by atoms with Crippen LogP contribution >= 0.6 is 7.82 Å². The van der Waals surface area contributed by atoms with Crippen LogP contribution in [-0.2, 0) is 35.0 Å². The molecule has 0 radical (unpaired) electrons. The molecule has 0 bridgehead atoms. The van der Waals surface area contributed by atoms with Crippen LogP contribution in [0.3, 0.4) is 0 Å². The summed E-state index contributed by atoms with van der Waals surface area (Å²) in [5, 5.41) is 16.5. The Kier molecular flexibility index (Phi) is 12.5. The van der Waals surface area contributed by atoms with Gasteiger partial charge in [0.25, 0.3) is 0 Å². The zero-order chi connectivity index (χ0) is 30.1. The van der Waals surface area contributed by atoms with Crippen molar-refractivity contribution in [3.05, 3.63) is 29.8 Å². The van der Waals surface area contributed by atoms with E-state index in [9.17, 15) is 33.6 Å². The number of carboxylic acid groups (broad SMARTS) is 1. The molecule has 16 heteroatoms. The number of phosphoric acid groups is 1. The maximum atomic E-state index is 13.0. The summed E-state index contributed by atoms with van der Waals surface area (Å²) >= 11 is 0. The molecule has 10 N–H and O–H groups in total. The van der Waals surface area contributed by atoms with Crippen LogP contribution in [0, 0.1) is 11.8 Å². The molecule has 1 rings (SSSR count). The summed E-state index contributed by atoms with van der Waals surface area (Å²) in [6.45, 7) is 6.38. The van der Waals surface area contributed by atoms with Gasteiger partial charge in [0, 0.05) is 0 Å². The summed E-state index contributed by atoms with van der Waals surface area (Å²) < 4.78 is 15.4. The first-order valence-corrected chi connectivity index (χ1v) is 13.5. The van der Waals surface area contributed by atoms with Gasteiger partial charge in [0.1, 0.15) is 23.9 Å². The SMILES string of the molecule is CC(C)C(NC(=O)C(CC(N)=O)NC(=O)C(NC(=O)C(N)Cc1ccc(OP(=O)(O)O)cc1)C(C)C)C(=O)O. The standard InChI is InChI=1S/C23H36N5O10P/c1-11(2)18(22(32)26-16(10-17(25)29)21(31)28-19(12(3)4)23(33)34)27-20(30)15(24)9-13-5-7-14(8-6-13)38-39(35,36)37/h5-8,11-12,15-16,18-19H,9-10,24H2,1-4H3,(H2,25,29)(H,26,32)(H,27,30)(H,28,31)(H,33,34)(H2,35,36,37). The van der Waals surface area contributed by atoms with Crippen molar-refractivity contribution in [1.82, 2.24) is 16.0 Å². The third-order valence-electron chi connectivity index (χ3n) is 5.46. The van der Waals surface area contributed by atoms with Gasteiger partial charge in [-0.1, -0.05) is 39.8 Å². The fraction of sp³-hybridized carbons (Fsp3) is 0.522. The average Bonchev–Trinajstić information content (AvgIpc) is 2.79. The van der Waals surface area contributed by atoms with Crippen LogP contribution in [0.1, 0.15) is 39.7 Å². The number of hydrogen-bond donors (Lipinski definition) is 8. The minimum Gasteiger partial charge on any atom is -0.480 e. The van der Waals surface area contributed by atoms with Crippen molar-refractivity contribution in [2.75, 3.05) is 0 Å². The van der Waals surface area contributed by atoms with E-state index in [2.05, 4.69) is 20.5 Å². The molecule has 4 unspecified atom stereocenters. The van der Waals surface area contributed by atoms with Crippen LogP contribution in [0.4, 0.5) is 0 Å². The molecule has 0 aromatic heterocycles. The summed E-state index contributed by atoms with van der Waals surface area (Å²) in [4.78, 5) is 79.1. The molecule has 0 saturated carbocycles. The summed E-state index contributed by atoms with van der Waals surface area (Å²) in [6, 6.07) is 0.435. The van der Waals surface area contributed by atoms with E-state index in [4.69, 9.17) is 21.3 Å². The molecule has 4 amide bonds. The quantitative estimate of drug-likeness (QED) is 0.115. The van der Waals surface area contributed by atoms with Crippen molar-refractivity contribution in [3.63, 3.8) is 0 Å². The van der Waals surface area contributed by atoms with E-state index in [1.54, 1.807) is 27.7 Å². The van der Waals surface area contributed by atoms with E-state index in [-0.39, 0.29) is 12.2 Å². The first-order chi connectivity index (χ1) is 17.9. The minimum atomic E-state index is -4.73. The zero-order valence-electron chi connectivity index (χ0n) is 22.0. The van der Waals surface area contributed by atoms with E-state index in [1.807, 2.05) is 0 Å². The Morgan fingerprint density at radius 2 is 1.38 bits per heavy atom. The molecular formula is C23H36N5O10P. The van der Waals surface area contributed by atoms with Crippen molar-refractivity contribution in [2.45, 2.75) is 64.7 Å². The molecule has 15 nitrogen and oxygen atoms in total. The highest BCUT2D eigenvalue weighted by atomic mass is 31.2. The van der Waals surface area contributed by atoms with Gasteiger partial charge in [-0.05, 0) is 36.0 Å². The maximum Gasteiger partial charge on any atom is 0.524 e. The lowest BCUT2D eigenvalue weighted by molar-refractivity contribution is -0.143. The number of amides is 4. The molecule has 0 aliphatic heterocycles. The van der Waals surface area contributed by atoms with Crippen LogP contribution in [0.25, 0.3) is 0 Å². The highest BCUT2D eigenvalue weighted by Crippen LogP contribution is 2.37. The first kappa shape index (κ1) is 33.5. The van der Waals surface area contributed by atoms with Gasteiger partial charge in [-0.25, -0.2) is 9.36 Å². The number of primary amides is 1. The fourth-order valence-electron chi connectivity index (χ4n) is 3.40. The lowest BCUT2D eigenvalue weighted by Gasteiger charge is -2.27. The zero-order valence-corrected chi connectivity index (χ0v) is 22.9. The summed E-state index contributed by atoms with van der Waals surface area (Å²) in [6.07, 6.45) is -0.602. The first-order valence-electron chi connectivity index (χ1n) is 11.9. The number of carbonyl (C=O) groups is 5. The topological polar surface area (TPSA) is 260 Å². The van der Waals surface area contributed by atoms with Gasteiger partial charge in [-0.3, -0.25) is 29.0 Å². The van der Waals surface area contributed by atoms with Crippen molar-refractivity contribution >= 4 is 37.4 Å². The predicted molar refractivity (Wildman–Crippen MR) is 138 cm³/mol. The Hall–Kier alpha value is -3.52. The number of aliphatic carboxylic acids is 1. The number of rotatable bonds is 15. The number of nitrogens with two attached hydrogens (primary N) is 2. The third-order valence-corrected chi connectivity index (χ3v) is 5.90. The van der Waals surface area contributed by atoms with Crippen LogP contribution in [-0.4, -0.2) is 68.7 Å². The van der Waals surface area contributed by atoms with Gasteiger partial charge >= 0.3 is 13.8 Å². The van der Waals surface area contributed by atoms with Gasteiger partial charge in [-0.15, -0.1) is 0 Å². The van der Waals surface area contributed by atoms with Gasteiger partial charge in [0.15, 0.2) is 0 Å². The molecule has 0 spiro atoms. The molecule has 0 fully saturated rings. The third kappa shape index (κ3) is 11.8. The summed E-state index contributed by atoms with van der Waals surface area (Å²) in [7, 11) is -4.73. The second kappa shape index (κ2) is 14.6. The van der Waals surface area contributed by atoms with E-state index in [0.717, 1.165) is 0 Å². The Morgan fingerprint density at radius 1 is 0.872 bits per heavy atom. The van der Waals surface area contributed by atoms with Crippen LogP contribution in [0.5, 0.6) is 5.75 Å². The Labute approximate surface area is 225 Å². The van der Waals surface area contributed by atoms with Crippen molar-refractivity contribution < 1.29 is 48.0 Å².